The molecule has 108 valence electrons. The molecule has 0 aromatic heterocycles. The van der Waals surface area contributed by atoms with Crippen LogP contribution >= 0.6 is 27.5 Å². The number of benzene rings is 2. The van der Waals surface area contributed by atoms with E-state index in [1.165, 1.54) is 6.21 Å². The van der Waals surface area contributed by atoms with Gasteiger partial charge in [0.2, 0.25) is 0 Å². The highest BCUT2D eigenvalue weighted by Crippen LogP contribution is 2.20. The highest BCUT2D eigenvalue weighted by molar-refractivity contribution is 9.10. The fourth-order valence-electron chi connectivity index (χ4n) is 1.67. The van der Waals surface area contributed by atoms with Crippen molar-refractivity contribution < 1.29 is 9.53 Å². The summed E-state index contributed by atoms with van der Waals surface area (Å²) in [5.41, 5.74) is 3.65. The topological polar surface area (TPSA) is 50.7 Å². The first-order chi connectivity index (χ1) is 10.1. The van der Waals surface area contributed by atoms with E-state index in [1.807, 2.05) is 6.07 Å². The molecule has 2 rings (SSSR count). The third kappa shape index (κ3) is 4.06. The Morgan fingerprint density at radius 3 is 2.81 bits per heavy atom. The predicted molar refractivity (Wildman–Crippen MR) is 87.2 cm³/mol. The zero-order chi connectivity index (χ0) is 15.2. The first-order valence-corrected chi connectivity index (χ1v) is 7.20. The number of nitrogens with zero attached hydrogens (tertiary/aromatic N) is 1. The fourth-order valence-corrected chi connectivity index (χ4v) is 2.32. The van der Waals surface area contributed by atoms with E-state index in [0.29, 0.717) is 26.4 Å². The number of hydrogen-bond donors (Lipinski definition) is 1. The van der Waals surface area contributed by atoms with E-state index in [-0.39, 0.29) is 5.91 Å². The van der Waals surface area contributed by atoms with Crippen LogP contribution in [0.5, 0.6) is 5.75 Å². The van der Waals surface area contributed by atoms with Crippen molar-refractivity contribution in [1.29, 1.82) is 0 Å². The van der Waals surface area contributed by atoms with Crippen molar-refractivity contribution in [3.05, 3.63) is 63.1 Å². The second-order valence-electron chi connectivity index (χ2n) is 4.07. The SMILES string of the molecule is COc1ccc(Cl)cc1/C=N/NC(=O)c1ccccc1Br. The summed E-state index contributed by atoms with van der Waals surface area (Å²) in [6, 6.07) is 12.3. The zero-order valence-corrected chi connectivity index (χ0v) is 13.5. The normalized spacial score (nSPS) is 10.6. The minimum atomic E-state index is -0.306. The van der Waals surface area contributed by atoms with Gasteiger partial charge in [-0.25, -0.2) is 5.43 Å². The van der Waals surface area contributed by atoms with Crippen molar-refractivity contribution >= 4 is 39.7 Å². The lowest BCUT2D eigenvalue weighted by molar-refractivity contribution is 0.0954. The van der Waals surface area contributed by atoms with Gasteiger partial charge in [-0.2, -0.15) is 5.10 Å². The lowest BCUT2D eigenvalue weighted by Gasteiger charge is -2.05. The second kappa shape index (κ2) is 7.24. The molecule has 4 nitrogen and oxygen atoms in total. The number of hydrazone groups is 1. The minimum Gasteiger partial charge on any atom is -0.496 e. The molecule has 0 unspecified atom stereocenters. The molecule has 0 heterocycles. The molecular formula is C15H12BrClN2O2. The highest BCUT2D eigenvalue weighted by Gasteiger charge is 2.07. The van der Waals surface area contributed by atoms with Crippen molar-refractivity contribution in [2.75, 3.05) is 7.11 Å². The van der Waals surface area contributed by atoms with Crippen LogP contribution < -0.4 is 10.2 Å². The second-order valence-corrected chi connectivity index (χ2v) is 5.36. The first kappa shape index (κ1) is 15.5. The maximum Gasteiger partial charge on any atom is 0.272 e. The molecule has 0 aliphatic carbocycles. The Hall–Kier alpha value is -1.85. The van der Waals surface area contributed by atoms with E-state index in [4.69, 9.17) is 16.3 Å². The Morgan fingerprint density at radius 2 is 2.10 bits per heavy atom. The van der Waals surface area contributed by atoms with Crippen LogP contribution in [0.15, 0.2) is 52.0 Å². The summed E-state index contributed by atoms with van der Waals surface area (Å²) in [7, 11) is 1.56. The molecule has 6 heteroatoms. The van der Waals surface area contributed by atoms with Crippen molar-refractivity contribution in [2.45, 2.75) is 0 Å². The van der Waals surface area contributed by atoms with Gasteiger partial charge < -0.3 is 4.74 Å². The number of methoxy groups -OCH3 is 1. The molecule has 0 fully saturated rings. The number of nitrogens with one attached hydrogen (secondary N) is 1. The van der Waals surface area contributed by atoms with Crippen molar-refractivity contribution in [3.63, 3.8) is 0 Å². The Balaban J connectivity index is 2.11. The fraction of sp³-hybridized carbons (Fsp3) is 0.0667. The third-order valence-corrected chi connectivity index (χ3v) is 3.61. The summed E-state index contributed by atoms with van der Waals surface area (Å²) < 4.78 is 5.90. The van der Waals surface area contributed by atoms with Crippen LogP contribution in [0.2, 0.25) is 5.02 Å². The highest BCUT2D eigenvalue weighted by atomic mass is 79.9. The Labute approximate surface area is 135 Å². The molecule has 2 aromatic rings. The van der Waals surface area contributed by atoms with Crippen molar-refractivity contribution in [2.24, 2.45) is 5.10 Å². The quantitative estimate of drug-likeness (QED) is 0.659. The van der Waals surface area contributed by atoms with Crippen LogP contribution in [0, 0.1) is 0 Å². The van der Waals surface area contributed by atoms with Gasteiger partial charge in [-0.05, 0) is 46.3 Å². The van der Waals surface area contributed by atoms with Gasteiger partial charge in [-0.1, -0.05) is 23.7 Å². The number of rotatable bonds is 4. The molecule has 1 N–H and O–H groups in total. The molecule has 1 amide bonds. The molecule has 0 bridgehead atoms. The number of carbonyl (C=O) groups excluding carboxylic acids is 1. The van der Waals surface area contributed by atoms with Crippen LogP contribution in [-0.4, -0.2) is 19.2 Å². The molecule has 2 aromatic carbocycles. The Morgan fingerprint density at radius 1 is 1.33 bits per heavy atom. The lowest BCUT2D eigenvalue weighted by Crippen LogP contribution is -2.18. The van der Waals surface area contributed by atoms with Crippen molar-refractivity contribution in [3.8, 4) is 5.75 Å². The lowest BCUT2D eigenvalue weighted by atomic mass is 10.2. The van der Waals surface area contributed by atoms with E-state index in [0.717, 1.165) is 0 Å². The van der Waals surface area contributed by atoms with Crippen LogP contribution in [-0.2, 0) is 0 Å². The van der Waals surface area contributed by atoms with E-state index in [1.54, 1.807) is 43.5 Å². The summed E-state index contributed by atoms with van der Waals surface area (Å²) in [5, 5.41) is 4.49. The largest absolute Gasteiger partial charge is 0.496 e. The van der Waals surface area contributed by atoms with Gasteiger partial charge in [0, 0.05) is 15.1 Å². The molecule has 0 saturated heterocycles. The van der Waals surface area contributed by atoms with Crippen LogP contribution in [0.1, 0.15) is 15.9 Å². The number of amides is 1. The van der Waals surface area contributed by atoms with E-state index >= 15 is 0 Å². The van der Waals surface area contributed by atoms with Crippen LogP contribution in [0.3, 0.4) is 0 Å². The number of ether oxygens (including phenoxy) is 1. The monoisotopic (exact) mass is 366 g/mol. The van der Waals surface area contributed by atoms with E-state index < -0.39 is 0 Å². The molecular weight excluding hydrogens is 356 g/mol. The van der Waals surface area contributed by atoms with Crippen molar-refractivity contribution in [1.82, 2.24) is 5.43 Å². The smallest absolute Gasteiger partial charge is 0.272 e. The minimum absolute atomic E-state index is 0.306. The summed E-state index contributed by atoms with van der Waals surface area (Å²) in [6.45, 7) is 0. The maximum absolute atomic E-state index is 12.0. The van der Waals surface area contributed by atoms with Gasteiger partial charge in [0.15, 0.2) is 0 Å². The molecule has 0 spiro atoms. The van der Waals surface area contributed by atoms with Crippen LogP contribution in [0.25, 0.3) is 0 Å². The molecule has 0 aliphatic rings. The third-order valence-electron chi connectivity index (χ3n) is 2.68. The van der Waals surface area contributed by atoms with Gasteiger partial charge in [-0.15, -0.1) is 0 Å². The van der Waals surface area contributed by atoms with Gasteiger partial charge >= 0.3 is 0 Å². The molecule has 0 radical (unpaired) electrons. The Bertz CT molecular complexity index is 689. The molecule has 0 atom stereocenters. The average molecular weight is 368 g/mol. The number of carbonyl (C=O) groups is 1. The summed E-state index contributed by atoms with van der Waals surface area (Å²) in [6.07, 6.45) is 1.49. The van der Waals surface area contributed by atoms with Crippen LogP contribution in [0.4, 0.5) is 0 Å². The molecule has 0 aliphatic heterocycles. The van der Waals surface area contributed by atoms with Gasteiger partial charge in [0.25, 0.3) is 5.91 Å². The van der Waals surface area contributed by atoms with Gasteiger partial charge in [0.1, 0.15) is 5.75 Å². The van der Waals surface area contributed by atoms with E-state index in [9.17, 15) is 4.79 Å². The molecule has 21 heavy (non-hydrogen) atoms. The summed E-state index contributed by atoms with van der Waals surface area (Å²) in [5.74, 6) is 0.318. The summed E-state index contributed by atoms with van der Waals surface area (Å²) in [4.78, 5) is 12.0. The molecule has 0 saturated carbocycles. The Kier molecular flexibility index (Phi) is 5.36. The summed E-state index contributed by atoms with van der Waals surface area (Å²) >= 11 is 9.24. The zero-order valence-electron chi connectivity index (χ0n) is 11.1. The van der Waals surface area contributed by atoms with Gasteiger partial charge in [-0.3, -0.25) is 4.79 Å². The maximum atomic E-state index is 12.0. The van der Waals surface area contributed by atoms with Gasteiger partial charge in [0.05, 0.1) is 18.9 Å². The average Bonchev–Trinajstić information content (AvgIpc) is 2.48. The standard InChI is InChI=1S/C15H12BrClN2O2/c1-21-14-7-6-11(17)8-10(14)9-18-19-15(20)12-4-2-3-5-13(12)16/h2-9H,1H3,(H,19,20)/b18-9+. The number of halogens is 2. The first-order valence-electron chi connectivity index (χ1n) is 6.03. The van der Waals surface area contributed by atoms with E-state index in [2.05, 4.69) is 26.5 Å². The number of hydrogen-bond acceptors (Lipinski definition) is 3. The predicted octanol–water partition coefficient (Wildman–Crippen LogP) is 3.88.